The Morgan fingerprint density at radius 3 is 2.81 bits per heavy atom. The van der Waals surface area contributed by atoms with E-state index in [-0.39, 0.29) is 24.0 Å². The van der Waals surface area contributed by atoms with Crippen molar-refractivity contribution in [3.63, 3.8) is 0 Å². The standard InChI is InChI=1S/C18H20FN5O2/c1-11-16(12(2)22-21-11)6-7-20-18(25)17-9-14(23-24-17)10-26-15-5-3-4-13(19)8-15/h3-5,8-9H,6-7,10H2,1-2H3,(H,20,25)(H,21,22)(H,23,24). The second kappa shape index (κ2) is 7.81. The van der Waals surface area contributed by atoms with Crippen LogP contribution in [-0.2, 0) is 13.0 Å². The number of amides is 1. The van der Waals surface area contributed by atoms with Crippen LogP contribution in [0.15, 0.2) is 30.3 Å². The molecule has 8 heteroatoms. The minimum absolute atomic E-state index is 0.164. The molecule has 3 rings (SSSR count). The lowest BCUT2D eigenvalue weighted by atomic mass is 10.1. The Bertz CT molecular complexity index is 883. The lowest BCUT2D eigenvalue weighted by Gasteiger charge is -2.04. The number of aromatic nitrogens is 4. The Balaban J connectivity index is 1.50. The van der Waals surface area contributed by atoms with E-state index in [0.717, 1.165) is 17.0 Å². The molecule has 2 aromatic heterocycles. The molecule has 0 aliphatic rings. The maximum atomic E-state index is 13.1. The molecule has 0 unspecified atom stereocenters. The van der Waals surface area contributed by atoms with Crippen LogP contribution in [0.5, 0.6) is 5.75 Å². The van der Waals surface area contributed by atoms with Gasteiger partial charge in [-0.2, -0.15) is 10.2 Å². The molecule has 0 fully saturated rings. The molecule has 0 radical (unpaired) electrons. The van der Waals surface area contributed by atoms with E-state index >= 15 is 0 Å². The first kappa shape index (κ1) is 17.7. The first-order valence-electron chi connectivity index (χ1n) is 8.24. The largest absolute Gasteiger partial charge is 0.487 e. The normalized spacial score (nSPS) is 10.7. The summed E-state index contributed by atoms with van der Waals surface area (Å²) in [6.07, 6.45) is 0.694. The molecular weight excluding hydrogens is 337 g/mol. The van der Waals surface area contributed by atoms with Gasteiger partial charge in [0.05, 0.1) is 11.4 Å². The number of ether oxygens (including phenoxy) is 1. The number of carbonyl (C=O) groups is 1. The highest BCUT2D eigenvalue weighted by Gasteiger charge is 2.12. The molecule has 0 saturated carbocycles. The van der Waals surface area contributed by atoms with Crippen molar-refractivity contribution in [3.05, 3.63) is 64.5 Å². The Morgan fingerprint density at radius 2 is 2.08 bits per heavy atom. The molecule has 2 heterocycles. The maximum Gasteiger partial charge on any atom is 0.271 e. The molecule has 0 aliphatic carbocycles. The van der Waals surface area contributed by atoms with Crippen molar-refractivity contribution >= 4 is 5.91 Å². The third-order valence-electron chi connectivity index (χ3n) is 4.00. The van der Waals surface area contributed by atoms with E-state index in [0.29, 0.717) is 24.4 Å². The summed E-state index contributed by atoms with van der Waals surface area (Å²) in [4.78, 5) is 12.2. The lowest BCUT2D eigenvalue weighted by molar-refractivity contribution is 0.0949. The molecular formula is C18H20FN5O2. The monoisotopic (exact) mass is 357 g/mol. The van der Waals surface area contributed by atoms with Gasteiger partial charge in [-0.25, -0.2) is 4.39 Å². The second-order valence-electron chi connectivity index (χ2n) is 5.94. The average Bonchev–Trinajstić information content (AvgIpc) is 3.22. The zero-order valence-electron chi connectivity index (χ0n) is 14.6. The van der Waals surface area contributed by atoms with Crippen molar-refractivity contribution in [1.82, 2.24) is 25.7 Å². The van der Waals surface area contributed by atoms with Crippen LogP contribution in [0.1, 0.15) is 33.1 Å². The predicted molar refractivity (Wildman–Crippen MR) is 93.4 cm³/mol. The summed E-state index contributed by atoms with van der Waals surface area (Å²) in [5, 5.41) is 16.6. The van der Waals surface area contributed by atoms with Crippen LogP contribution < -0.4 is 10.1 Å². The number of carbonyl (C=O) groups excluding carboxylic acids is 1. The highest BCUT2D eigenvalue weighted by molar-refractivity contribution is 5.92. The molecule has 3 N–H and O–H groups in total. The number of H-pyrrole nitrogens is 2. The fourth-order valence-corrected chi connectivity index (χ4v) is 2.60. The number of nitrogens with one attached hydrogen (secondary N) is 3. The number of benzene rings is 1. The van der Waals surface area contributed by atoms with E-state index in [1.807, 2.05) is 13.8 Å². The summed E-state index contributed by atoms with van der Waals surface area (Å²) in [7, 11) is 0. The van der Waals surface area contributed by atoms with Gasteiger partial charge in [-0.05, 0) is 44.0 Å². The fraction of sp³-hybridized carbons (Fsp3) is 0.278. The Morgan fingerprint density at radius 1 is 1.23 bits per heavy atom. The van der Waals surface area contributed by atoms with Crippen molar-refractivity contribution in [2.24, 2.45) is 0 Å². The van der Waals surface area contributed by atoms with E-state index in [1.165, 1.54) is 12.1 Å². The highest BCUT2D eigenvalue weighted by atomic mass is 19.1. The van der Waals surface area contributed by atoms with Crippen molar-refractivity contribution < 1.29 is 13.9 Å². The molecule has 26 heavy (non-hydrogen) atoms. The molecule has 0 saturated heterocycles. The first-order valence-corrected chi connectivity index (χ1v) is 8.24. The average molecular weight is 357 g/mol. The number of hydrogen-bond donors (Lipinski definition) is 3. The molecule has 0 spiro atoms. The van der Waals surface area contributed by atoms with Crippen LogP contribution in [0, 0.1) is 19.7 Å². The van der Waals surface area contributed by atoms with Crippen LogP contribution in [0.4, 0.5) is 4.39 Å². The Hall–Kier alpha value is -3.16. The SMILES string of the molecule is Cc1n[nH]c(C)c1CCNC(=O)c1cc(COc2cccc(F)c2)[nH]n1. The van der Waals surface area contributed by atoms with Crippen LogP contribution >= 0.6 is 0 Å². The minimum Gasteiger partial charge on any atom is -0.487 e. The summed E-state index contributed by atoms with van der Waals surface area (Å²) in [5.74, 6) is -0.219. The van der Waals surface area contributed by atoms with E-state index in [1.54, 1.807) is 18.2 Å². The van der Waals surface area contributed by atoms with E-state index in [2.05, 4.69) is 25.7 Å². The Kier molecular flexibility index (Phi) is 5.31. The van der Waals surface area contributed by atoms with Gasteiger partial charge in [0.15, 0.2) is 0 Å². The van der Waals surface area contributed by atoms with Gasteiger partial charge in [0, 0.05) is 18.3 Å². The molecule has 0 aliphatic heterocycles. The predicted octanol–water partition coefficient (Wildman–Crippen LogP) is 2.44. The van der Waals surface area contributed by atoms with Gasteiger partial charge >= 0.3 is 0 Å². The van der Waals surface area contributed by atoms with Crippen LogP contribution in [0.3, 0.4) is 0 Å². The van der Waals surface area contributed by atoms with Gasteiger partial charge in [-0.1, -0.05) is 6.07 Å². The number of hydrogen-bond acceptors (Lipinski definition) is 4. The van der Waals surface area contributed by atoms with Crippen molar-refractivity contribution in [3.8, 4) is 5.75 Å². The minimum atomic E-state index is -0.365. The summed E-state index contributed by atoms with van der Waals surface area (Å²) < 4.78 is 18.6. The molecule has 0 atom stereocenters. The third-order valence-corrected chi connectivity index (χ3v) is 4.00. The van der Waals surface area contributed by atoms with Gasteiger partial charge in [-0.15, -0.1) is 0 Å². The number of halogens is 1. The van der Waals surface area contributed by atoms with Crippen LogP contribution in [0.25, 0.3) is 0 Å². The number of nitrogens with zero attached hydrogens (tertiary/aromatic N) is 2. The smallest absolute Gasteiger partial charge is 0.271 e. The second-order valence-corrected chi connectivity index (χ2v) is 5.94. The Labute approximate surface area is 150 Å². The quantitative estimate of drug-likeness (QED) is 0.605. The third kappa shape index (κ3) is 4.27. The van der Waals surface area contributed by atoms with Crippen LogP contribution in [0.2, 0.25) is 0 Å². The molecule has 1 amide bonds. The topological polar surface area (TPSA) is 95.7 Å². The van der Waals surface area contributed by atoms with E-state index in [4.69, 9.17) is 4.74 Å². The van der Waals surface area contributed by atoms with Crippen molar-refractivity contribution in [2.45, 2.75) is 26.9 Å². The number of rotatable bonds is 7. The molecule has 1 aromatic carbocycles. The summed E-state index contributed by atoms with van der Waals surface area (Å²) in [6, 6.07) is 7.48. The van der Waals surface area contributed by atoms with Gasteiger partial charge in [0.1, 0.15) is 23.9 Å². The zero-order valence-corrected chi connectivity index (χ0v) is 14.6. The molecule has 0 bridgehead atoms. The van der Waals surface area contributed by atoms with Crippen molar-refractivity contribution in [1.29, 1.82) is 0 Å². The molecule has 136 valence electrons. The van der Waals surface area contributed by atoms with Gasteiger partial charge < -0.3 is 10.1 Å². The fourth-order valence-electron chi connectivity index (χ4n) is 2.60. The first-order chi connectivity index (χ1) is 12.5. The summed E-state index contributed by atoms with van der Waals surface area (Å²) in [6.45, 7) is 4.54. The maximum absolute atomic E-state index is 13.1. The molecule has 7 nitrogen and oxygen atoms in total. The lowest BCUT2D eigenvalue weighted by Crippen LogP contribution is -2.26. The van der Waals surface area contributed by atoms with E-state index in [9.17, 15) is 9.18 Å². The summed E-state index contributed by atoms with van der Waals surface area (Å²) >= 11 is 0. The highest BCUT2D eigenvalue weighted by Crippen LogP contribution is 2.14. The van der Waals surface area contributed by atoms with Gasteiger partial charge in [-0.3, -0.25) is 15.0 Å². The number of aryl methyl sites for hydroxylation is 2. The molecule has 3 aromatic rings. The summed E-state index contributed by atoms with van der Waals surface area (Å²) in [5.41, 5.74) is 3.96. The van der Waals surface area contributed by atoms with Crippen molar-refractivity contribution in [2.75, 3.05) is 6.54 Å². The van der Waals surface area contributed by atoms with Gasteiger partial charge in [0.25, 0.3) is 5.91 Å². The zero-order chi connectivity index (χ0) is 18.5. The van der Waals surface area contributed by atoms with E-state index < -0.39 is 0 Å². The van der Waals surface area contributed by atoms with Gasteiger partial charge in [0.2, 0.25) is 0 Å². The number of aromatic amines is 2. The van der Waals surface area contributed by atoms with Crippen LogP contribution in [-0.4, -0.2) is 32.8 Å².